The maximum atomic E-state index is 2.48. The minimum atomic E-state index is 0.698. The second kappa shape index (κ2) is 18.4. The van der Waals surface area contributed by atoms with E-state index in [-0.39, 0.29) is 0 Å². The van der Waals surface area contributed by atoms with Gasteiger partial charge in [-0.2, -0.15) is 0 Å². The van der Waals surface area contributed by atoms with Gasteiger partial charge in [-0.05, 0) is 161 Å². The van der Waals surface area contributed by atoms with Gasteiger partial charge in [0, 0.05) is 67.9 Å². The first kappa shape index (κ1) is 44.1. The molecule has 2 heterocycles. The summed E-state index contributed by atoms with van der Waals surface area (Å²) in [5, 5.41) is 10.2. The maximum absolute atomic E-state index is 2.48. The van der Waals surface area contributed by atoms with Gasteiger partial charge in [0.05, 0.1) is 22.1 Å². The topological polar surface area (TPSA) is 16.3 Å². The van der Waals surface area contributed by atoms with Crippen LogP contribution in [0.15, 0.2) is 273 Å². The van der Waals surface area contributed by atoms with E-state index in [4.69, 9.17) is 0 Å². The summed E-state index contributed by atoms with van der Waals surface area (Å²) in [5.74, 6) is 0. The molecule has 0 saturated carbocycles. The first-order valence-electron chi connectivity index (χ1n) is 26.0. The van der Waals surface area contributed by atoms with Crippen LogP contribution in [0.25, 0.3) is 76.5 Å². The summed E-state index contributed by atoms with van der Waals surface area (Å²) >= 11 is 0. The number of para-hydroxylation sites is 6. The molecule has 0 fully saturated rings. The lowest BCUT2D eigenvalue weighted by atomic mass is 9.87. The molecular formula is C71H52N4. The second-order valence-corrected chi connectivity index (χ2v) is 19.8. The molecule has 0 unspecified atom stereocenters. The van der Waals surface area contributed by atoms with Crippen LogP contribution >= 0.6 is 0 Å². The monoisotopic (exact) mass is 960 g/mol. The fraction of sp³-hybridized carbons (Fsp3) is 0.0423. The van der Waals surface area contributed by atoms with Gasteiger partial charge >= 0.3 is 0 Å². The highest BCUT2D eigenvalue weighted by molar-refractivity contribution is 6.11. The van der Waals surface area contributed by atoms with Crippen LogP contribution in [0.2, 0.25) is 0 Å². The van der Waals surface area contributed by atoms with Crippen LogP contribution in [0.1, 0.15) is 22.3 Å². The van der Waals surface area contributed by atoms with Gasteiger partial charge in [-0.25, -0.2) is 0 Å². The Hall–Kier alpha value is -9.64. The Labute approximate surface area is 436 Å². The quantitative estimate of drug-likeness (QED) is 0.120. The Morgan fingerprint density at radius 2 is 0.653 bits per heavy atom. The first-order valence-corrected chi connectivity index (χ1v) is 26.0. The number of fused-ring (bicyclic) bond motifs is 8. The number of anilines is 5. The van der Waals surface area contributed by atoms with Crippen LogP contribution in [0.5, 0.6) is 0 Å². The van der Waals surface area contributed by atoms with Crippen molar-refractivity contribution in [2.24, 2.45) is 0 Å². The molecule has 356 valence electrons. The summed E-state index contributed by atoms with van der Waals surface area (Å²) in [6.45, 7) is 2.92. The Morgan fingerprint density at radius 1 is 0.293 bits per heavy atom. The van der Waals surface area contributed by atoms with Crippen molar-refractivity contribution in [3.63, 3.8) is 0 Å². The van der Waals surface area contributed by atoms with Gasteiger partial charge < -0.3 is 18.9 Å². The van der Waals surface area contributed by atoms with E-state index in [0.717, 1.165) is 46.2 Å². The van der Waals surface area contributed by atoms with Crippen molar-refractivity contribution in [3.8, 4) is 11.4 Å². The van der Waals surface area contributed by atoms with Crippen LogP contribution in [-0.2, 0) is 13.0 Å². The van der Waals surface area contributed by atoms with E-state index in [9.17, 15) is 0 Å². The van der Waals surface area contributed by atoms with E-state index in [1.807, 2.05) is 0 Å². The smallest absolute Gasteiger partial charge is 0.0541 e. The second-order valence-electron chi connectivity index (χ2n) is 19.8. The first-order chi connectivity index (χ1) is 37.1. The van der Waals surface area contributed by atoms with Crippen LogP contribution < -0.4 is 9.80 Å². The lowest BCUT2D eigenvalue weighted by Crippen LogP contribution is -2.17. The average Bonchev–Trinajstić information content (AvgIpc) is 4.00. The summed E-state index contributed by atoms with van der Waals surface area (Å²) in [7, 11) is 0. The SMILES string of the molecule is Cc1ccc2c(Cc3ccc(N(c4ccccc4)c4ccc(-n5c6ccccc6c6ccccc65)cc4)cc3)c3ccccc3c(CN(c3ccccc3)c3ccc(-n4c5ccccc5c5ccccc54)cc3)c2c1. The van der Waals surface area contributed by atoms with E-state index >= 15 is 0 Å². The van der Waals surface area contributed by atoms with Crippen molar-refractivity contribution in [1.29, 1.82) is 0 Å². The number of hydrogen-bond donors (Lipinski definition) is 0. The highest BCUT2D eigenvalue weighted by atomic mass is 15.1. The van der Waals surface area contributed by atoms with Gasteiger partial charge in [0.25, 0.3) is 0 Å². The van der Waals surface area contributed by atoms with Crippen molar-refractivity contribution in [3.05, 3.63) is 295 Å². The highest BCUT2D eigenvalue weighted by Gasteiger charge is 2.21. The Balaban J connectivity index is 0.818. The zero-order chi connectivity index (χ0) is 49.8. The molecule has 0 N–H and O–H groups in total. The van der Waals surface area contributed by atoms with Gasteiger partial charge in [0.1, 0.15) is 0 Å². The zero-order valence-corrected chi connectivity index (χ0v) is 41.7. The summed E-state index contributed by atoms with van der Waals surface area (Å²) in [5.41, 5.74) is 17.9. The van der Waals surface area contributed by atoms with Crippen LogP contribution in [0, 0.1) is 6.92 Å². The Bertz CT molecular complexity index is 4290. The van der Waals surface area contributed by atoms with E-state index < -0.39 is 0 Å². The molecule has 0 radical (unpaired) electrons. The molecule has 75 heavy (non-hydrogen) atoms. The zero-order valence-electron chi connectivity index (χ0n) is 41.7. The summed E-state index contributed by atoms with van der Waals surface area (Å²) in [6, 6.07) is 99.9. The molecule has 12 aromatic carbocycles. The number of rotatable bonds is 11. The predicted molar refractivity (Wildman–Crippen MR) is 318 cm³/mol. The molecule has 0 aliphatic rings. The molecule has 0 amide bonds. The molecule has 2 aromatic heterocycles. The van der Waals surface area contributed by atoms with Gasteiger partial charge in [-0.15, -0.1) is 0 Å². The van der Waals surface area contributed by atoms with Gasteiger partial charge in [0.15, 0.2) is 0 Å². The molecule has 0 aliphatic heterocycles. The van der Waals surface area contributed by atoms with Crippen molar-refractivity contribution in [2.45, 2.75) is 19.9 Å². The predicted octanol–water partition coefficient (Wildman–Crippen LogP) is 18.9. The standard InChI is InChI=1S/C71H52N4/c1-49-32-45-60-65(46-49)67(48-72(51-18-4-2-5-19-51)52-37-39-56(40-38-52)74-68-28-14-10-24-61(68)62-25-11-15-29-69(62)74)59-23-9-8-22-58(59)66(60)47-50-33-35-54(36-34-50)73(53-20-6-3-7-21-53)55-41-43-57(44-42-55)75-70-30-16-12-26-63(70)64-27-13-17-31-71(64)75/h2-46H,47-48H2,1H3. The van der Waals surface area contributed by atoms with Crippen LogP contribution in [0.4, 0.5) is 28.4 Å². The lowest BCUT2D eigenvalue weighted by Gasteiger charge is -2.28. The van der Waals surface area contributed by atoms with Crippen molar-refractivity contribution < 1.29 is 0 Å². The van der Waals surface area contributed by atoms with Crippen LogP contribution in [0.3, 0.4) is 0 Å². The largest absolute Gasteiger partial charge is 0.337 e. The molecular weight excluding hydrogens is 909 g/mol. The van der Waals surface area contributed by atoms with E-state index in [1.165, 1.54) is 87.4 Å². The fourth-order valence-corrected chi connectivity index (χ4v) is 11.9. The van der Waals surface area contributed by atoms with Gasteiger partial charge in [-0.3, -0.25) is 0 Å². The maximum Gasteiger partial charge on any atom is 0.0541 e. The summed E-state index contributed by atoms with van der Waals surface area (Å²) in [4.78, 5) is 4.84. The number of nitrogens with zero attached hydrogens (tertiary/aromatic N) is 4. The number of aromatic nitrogens is 2. The third kappa shape index (κ3) is 7.69. The summed E-state index contributed by atoms with van der Waals surface area (Å²) < 4.78 is 4.77. The molecule has 0 saturated heterocycles. The minimum absolute atomic E-state index is 0.698. The third-order valence-electron chi connectivity index (χ3n) is 15.3. The number of benzene rings is 12. The van der Waals surface area contributed by atoms with Crippen molar-refractivity contribution in [1.82, 2.24) is 9.13 Å². The van der Waals surface area contributed by atoms with Crippen molar-refractivity contribution >= 4 is 93.6 Å². The van der Waals surface area contributed by atoms with Crippen LogP contribution in [-0.4, -0.2) is 9.13 Å². The molecule has 14 aromatic rings. The molecule has 0 atom stereocenters. The molecule has 4 nitrogen and oxygen atoms in total. The molecule has 14 rings (SSSR count). The fourth-order valence-electron chi connectivity index (χ4n) is 11.9. The lowest BCUT2D eigenvalue weighted by molar-refractivity contribution is 0.990. The molecule has 4 heteroatoms. The Kier molecular flexibility index (Phi) is 10.8. The van der Waals surface area contributed by atoms with E-state index in [0.29, 0.717) is 6.54 Å². The normalized spacial score (nSPS) is 11.6. The summed E-state index contributed by atoms with van der Waals surface area (Å²) in [6.07, 6.45) is 0.798. The van der Waals surface area contributed by atoms with Gasteiger partial charge in [-0.1, -0.05) is 169 Å². The minimum Gasteiger partial charge on any atom is -0.337 e. The Morgan fingerprint density at radius 3 is 1.15 bits per heavy atom. The van der Waals surface area contributed by atoms with E-state index in [2.05, 4.69) is 299 Å². The highest BCUT2D eigenvalue weighted by Crippen LogP contribution is 2.41. The van der Waals surface area contributed by atoms with Gasteiger partial charge in [0.2, 0.25) is 0 Å². The third-order valence-corrected chi connectivity index (χ3v) is 15.3. The number of hydrogen-bond acceptors (Lipinski definition) is 2. The molecule has 0 aliphatic carbocycles. The number of aryl methyl sites for hydroxylation is 1. The van der Waals surface area contributed by atoms with Crippen molar-refractivity contribution in [2.75, 3.05) is 9.80 Å². The molecule has 0 bridgehead atoms. The average molecular weight is 961 g/mol. The van der Waals surface area contributed by atoms with E-state index in [1.54, 1.807) is 0 Å². The molecule has 0 spiro atoms.